The molecule has 10 heteroatoms. The average molecular weight is 430 g/mol. The van der Waals surface area contributed by atoms with E-state index in [9.17, 15) is 4.39 Å². The lowest BCUT2D eigenvalue weighted by atomic mass is 10.1. The molecule has 1 aliphatic heterocycles. The lowest BCUT2D eigenvalue weighted by Crippen LogP contribution is -2.39. The molecule has 0 amide bonds. The third-order valence-corrected chi connectivity index (χ3v) is 5.78. The highest BCUT2D eigenvalue weighted by atomic mass is 19.1. The first-order valence-corrected chi connectivity index (χ1v) is 10.3. The maximum absolute atomic E-state index is 13.7. The molecule has 1 fully saturated rings. The van der Waals surface area contributed by atoms with E-state index in [1.54, 1.807) is 17.8 Å². The van der Waals surface area contributed by atoms with Crippen molar-refractivity contribution in [3.05, 3.63) is 60.7 Å². The smallest absolute Gasteiger partial charge is 0.241 e. The number of aromatic nitrogens is 7. The Morgan fingerprint density at radius 1 is 1.12 bits per heavy atom. The predicted octanol–water partition coefficient (Wildman–Crippen LogP) is 2.94. The molecule has 0 unspecified atom stereocenters. The summed E-state index contributed by atoms with van der Waals surface area (Å²) < 4.78 is 23.0. The highest BCUT2D eigenvalue weighted by Crippen LogP contribution is 2.33. The predicted molar refractivity (Wildman–Crippen MR) is 116 cm³/mol. The minimum absolute atomic E-state index is 0.468. The maximum atomic E-state index is 13.7. The largest absolute Gasteiger partial charge is 0.479 e. The molecule has 5 aromatic heterocycles. The van der Waals surface area contributed by atoms with Crippen LogP contribution in [0.5, 0.6) is 5.88 Å². The molecule has 0 bridgehead atoms. The van der Waals surface area contributed by atoms with E-state index in [-0.39, 0.29) is 0 Å². The summed E-state index contributed by atoms with van der Waals surface area (Å²) in [5.74, 6) is 0.835. The van der Waals surface area contributed by atoms with E-state index >= 15 is 0 Å². The van der Waals surface area contributed by atoms with Crippen molar-refractivity contribution in [2.45, 2.75) is 13.0 Å². The van der Waals surface area contributed by atoms with Crippen molar-refractivity contribution in [3.8, 4) is 17.0 Å². The van der Waals surface area contributed by atoms with E-state index < -0.39 is 5.95 Å². The van der Waals surface area contributed by atoms with Crippen LogP contribution < -0.4 is 9.64 Å². The maximum Gasteiger partial charge on any atom is 0.241 e. The molecule has 0 N–H and O–H groups in total. The Morgan fingerprint density at radius 2 is 2.03 bits per heavy atom. The quantitative estimate of drug-likeness (QED) is 0.396. The van der Waals surface area contributed by atoms with Crippen molar-refractivity contribution in [2.75, 3.05) is 25.1 Å². The van der Waals surface area contributed by atoms with Gasteiger partial charge in [-0.2, -0.15) is 19.5 Å². The third-order valence-electron chi connectivity index (χ3n) is 5.78. The molecule has 0 aliphatic carbocycles. The van der Waals surface area contributed by atoms with Gasteiger partial charge in [-0.3, -0.25) is 0 Å². The van der Waals surface area contributed by atoms with Gasteiger partial charge < -0.3 is 14.2 Å². The van der Waals surface area contributed by atoms with Gasteiger partial charge in [-0.05, 0) is 36.2 Å². The Kier molecular flexibility index (Phi) is 4.23. The zero-order valence-electron chi connectivity index (χ0n) is 17.3. The van der Waals surface area contributed by atoms with Crippen LogP contribution in [0.1, 0.15) is 12.0 Å². The van der Waals surface area contributed by atoms with Gasteiger partial charge in [0.25, 0.3) is 0 Å². The van der Waals surface area contributed by atoms with E-state index in [0.29, 0.717) is 18.1 Å². The lowest BCUT2D eigenvalue weighted by molar-refractivity contribution is 0.399. The molecule has 32 heavy (non-hydrogen) atoms. The fraction of sp³-hybridized carbons (Fsp3) is 0.227. The number of hydrogen-bond donors (Lipinski definition) is 0. The molecule has 6 heterocycles. The molecule has 5 aromatic rings. The molecule has 0 aromatic carbocycles. The van der Waals surface area contributed by atoms with E-state index in [2.05, 4.69) is 35.6 Å². The van der Waals surface area contributed by atoms with Gasteiger partial charge in [0.15, 0.2) is 5.65 Å². The summed E-state index contributed by atoms with van der Waals surface area (Å²) in [6.45, 7) is 2.36. The first-order chi connectivity index (χ1) is 15.7. The highest BCUT2D eigenvalue weighted by Gasteiger charge is 2.23. The fourth-order valence-corrected chi connectivity index (χ4v) is 4.09. The summed E-state index contributed by atoms with van der Waals surface area (Å²) in [6.07, 6.45) is 7.73. The van der Waals surface area contributed by atoms with Crippen LogP contribution in [0.3, 0.4) is 0 Å². The highest BCUT2D eigenvalue weighted by molar-refractivity contribution is 5.88. The molecule has 1 saturated heterocycles. The molecular formula is C22H19FN8O. The molecule has 6 rings (SSSR count). The summed E-state index contributed by atoms with van der Waals surface area (Å²) >= 11 is 0. The van der Waals surface area contributed by atoms with Crippen molar-refractivity contribution in [1.29, 1.82) is 0 Å². The molecule has 0 atom stereocenters. The van der Waals surface area contributed by atoms with Crippen LogP contribution in [0.15, 0.2) is 49.2 Å². The SMILES string of the molecule is COc1ncnn2ccc(-c3cnc4nc(N5CCC5)n(Cc5ccnc(F)c5)c4c3)c12. The van der Waals surface area contributed by atoms with Crippen LogP contribution in [-0.2, 0) is 6.54 Å². The van der Waals surface area contributed by atoms with Crippen LogP contribution in [-0.4, -0.2) is 54.3 Å². The molecule has 0 radical (unpaired) electrons. The number of nitrogens with zero attached hydrogens (tertiary/aromatic N) is 8. The number of rotatable bonds is 5. The molecule has 1 aliphatic rings. The van der Waals surface area contributed by atoms with Gasteiger partial charge in [0, 0.05) is 42.8 Å². The standard InChI is InChI=1S/C22H19FN8O/c1-32-21-19-16(4-8-31(19)27-13-26-21)15-10-17-20(25-11-15)28-22(29-6-2-7-29)30(17)12-14-3-5-24-18(23)9-14/h3-5,8-11,13H,2,6-7,12H2,1H3. The molecule has 0 spiro atoms. The Bertz CT molecular complexity index is 1460. The van der Waals surface area contributed by atoms with Gasteiger partial charge in [0.2, 0.25) is 17.8 Å². The van der Waals surface area contributed by atoms with E-state index in [4.69, 9.17) is 9.72 Å². The minimum atomic E-state index is -0.497. The van der Waals surface area contributed by atoms with E-state index in [1.165, 1.54) is 18.6 Å². The monoisotopic (exact) mass is 430 g/mol. The van der Waals surface area contributed by atoms with Gasteiger partial charge in [-0.1, -0.05) is 0 Å². The minimum Gasteiger partial charge on any atom is -0.479 e. The number of pyridine rings is 2. The van der Waals surface area contributed by atoms with Crippen LogP contribution in [0, 0.1) is 5.95 Å². The normalized spacial score (nSPS) is 13.6. The number of fused-ring (bicyclic) bond motifs is 2. The molecule has 9 nitrogen and oxygen atoms in total. The summed E-state index contributed by atoms with van der Waals surface area (Å²) in [4.78, 5) is 19.5. The number of hydrogen-bond acceptors (Lipinski definition) is 7. The first-order valence-electron chi connectivity index (χ1n) is 10.3. The fourth-order valence-electron chi connectivity index (χ4n) is 4.09. The zero-order valence-corrected chi connectivity index (χ0v) is 17.3. The summed E-state index contributed by atoms with van der Waals surface area (Å²) in [7, 11) is 1.59. The summed E-state index contributed by atoms with van der Waals surface area (Å²) in [5.41, 5.74) is 4.90. The summed E-state index contributed by atoms with van der Waals surface area (Å²) in [6, 6.07) is 7.28. The Hall–Kier alpha value is -4.08. The average Bonchev–Trinajstić information content (AvgIpc) is 3.34. The molecule has 160 valence electrons. The van der Waals surface area contributed by atoms with E-state index in [0.717, 1.165) is 53.2 Å². The number of anilines is 1. The van der Waals surface area contributed by atoms with Gasteiger partial charge >= 0.3 is 0 Å². The van der Waals surface area contributed by atoms with Crippen molar-refractivity contribution >= 4 is 22.6 Å². The number of imidazole rings is 1. The second kappa shape index (κ2) is 7.26. The number of methoxy groups -OCH3 is 1. The van der Waals surface area contributed by atoms with Crippen molar-refractivity contribution in [3.63, 3.8) is 0 Å². The lowest BCUT2D eigenvalue weighted by Gasteiger charge is -2.32. The second-order valence-corrected chi connectivity index (χ2v) is 7.68. The second-order valence-electron chi connectivity index (χ2n) is 7.68. The first kappa shape index (κ1) is 18.7. The molecule has 0 saturated carbocycles. The molecular weight excluding hydrogens is 411 g/mol. The van der Waals surface area contributed by atoms with Crippen LogP contribution in [0.25, 0.3) is 27.8 Å². The topological polar surface area (TPSA) is 86.3 Å². The zero-order chi connectivity index (χ0) is 21.7. The van der Waals surface area contributed by atoms with Crippen LogP contribution in [0.2, 0.25) is 0 Å². The Labute approximate surface area is 182 Å². The van der Waals surface area contributed by atoms with E-state index in [1.807, 2.05) is 18.3 Å². The summed E-state index contributed by atoms with van der Waals surface area (Å²) in [5, 5.41) is 4.27. The van der Waals surface area contributed by atoms with Crippen molar-refractivity contribution in [2.24, 2.45) is 0 Å². The Balaban J connectivity index is 1.53. The van der Waals surface area contributed by atoms with Gasteiger partial charge in [0.1, 0.15) is 11.8 Å². The van der Waals surface area contributed by atoms with Gasteiger partial charge in [0.05, 0.1) is 19.2 Å². The van der Waals surface area contributed by atoms with Crippen LogP contribution >= 0.6 is 0 Å². The Morgan fingerprint density at radius 3 is 2.81 bits per heavy atom. The number of ether oxygens (including phenoxy) is 1. The van der Waals surface area contributed by atoms with Gasteiger partial charge in [-0.25, -0.2) is 14.5 Å². The van der Waals surface area contributed by atoms with Gasteiger partial charge in [-0.15, -0.1) is 0 Å². The van der Waals surface area contributed by atoms with Crippen molar-refractivity contribution in [1.82, 2.24) is 34.1 Å². The number of halogens is 1. The van der Waals surface area contributed by atoms with Crippen LogP contribution in [0.4, 0.5) is 10.3 Å². The third kappa shape index (κ3) is 2.95. The van der Waals surface area contributed by atoms with Crippen molar-refractivity contribution < 1.29 is 9.13 Å².